The fourth-order valence-corrected chi connectivity index (χ4v) is 4.65. The first kappa shape index (κ1) is 15.2. The molecule has 0 aromatic heterocycles. The van der Waals surface area contributed by atoms with E-state index < -0.39 is 10.2 Å². The maximum Gasteiger partial charge on any atom is 0.281 e. The molecule has 0 aromatic rings. The Balaban J connectivity index is 2.69. The van der Waals surface area contributed by atoms with Gasteiger partial charge in [0.1, 0.15) is 0 Å². The van der Waals surface area contributed by atoms with Gasteiger partial charge in [-0.05, 0) is 20.3 Å². The van der Waals surface area contributed by atoms with E-state index in [2.05, 4.69) is 13.8 Å². The average molecular weight is 282 g/mol. The maximum absolute atomic E-state index is 12.2. The highest BCUT2D eigenvalue weighted by atomic mass is 32.2. The van der Waals surface area contributed by atoms with Crippen molar-refractivity contribution in [2.45, 2.75) is 25.0 Å². The Morgan fingerprint density at radius 2 is 2.12 bits per heavy atom. The van der Waals surface area contributed by atoms with Gasteiger partial charge in [0.25, 0.3) is 10.2 Å². The van der Waals surface area contributed by atoms with Crippen molar-refractivity contribution < 1.29 is 13.5 Å². The molecule has 1 aliphatic rings. The first-order valence-electron chi connectivity index (χ1n) is 5.76. The topological polar surface area (TPSA) is 60.9 Å². The van der Waals surface area contributed by atoms with Crippen molar-refractivity contribution in [3.05, 3.63) is 0 Å². The quantitative estimate of drug-likeness (QED) is 0.791. The molecular weight excluding hydrogens is 260 g/mol. The third kappa shape index (κ3) is 4.10. The predicted octanol–water partition coefficient (Wildman–Crippen LogP) is 0.373. The van der Waals surface area contributed by atoms with E-state index in [4.69, 9.17) is 5.11 Å². The molecule has 1 aliphatic heterocycles. The van der Waals surface area contributed by atoms with Crippen LogP contribution in [-0.2, 0) is 10.2 Å². The van der Waals surface area contributed by atoms with E-state index in [1.807, 2.05) is 0 Å². The summed E-state index contributed by atoms with van der Waals surface area (Å²) in [4.78, 5) is 0. The van der Waals surface area contributed by atoms with Gasteiger partial charge in [-0.2, -0.15) is 28.8 Å². The zero-order valence-electron chi connectivity index (χ0n) is 10.7. The first-order chi connectivity index (χ1) is 7.79. The fraction of sp³-hybridized carbons (Fsp3) is 1.00. The molecule has 102 valence electrons. The van der Waals surface area contributed by atoms with Crippen LogP contribution in [0.5, 0.6) is 0 Å². The molecule has 17 heavy (non-hydrogen) atoms. The van der Waals surface area contributed by atoms with Gasteiger partial charge in [0.05, 0.1) is 0 Å². The molecule has 1 N–H and O–H groups in total. The Morgan fingerprint density at radius 1 is 1.47 bits per heavy atom. The summed E-state index contributed by atoms with van der Waals surface area (Å²) in [5.41, 5.74) is 0. The summed E-state index contributed by atoms with van der Waals surface area (Å²) in [6, 6.07) is 0. The molecule has 0 bridgehead atoms. The molecule has 0 unspecified atom stereocenters. The SMILES string of the molecule is CN(CCCO)S(=O)(=O)N1CCSC(C)(C)C1. The van der Waals surface area contributed by atoms with E-state index in [0.717, 1.165) is 5.75 Å². The van der Waals surface area contributed by atoms with Crippen LogP contribution in [0.4, 0.5) is 0 Å². The van der Waals surface area contributed by atoms with Gasteiger partial charge in [-0.25, -0.2) is 0 Å². The van der Waals surface area contributed by atoms with Gasteiger partial charge in [-0.1, -0.05) is 0 Å². The van der Waals surface area contributed by atoms with Gasteiger partial charge in [0.15, 0.2) is 0 Å². The molecular formula is C10H22N2O3S2. The highest BCUT2D eigenvalue weighted by Crippen LogP contribution is 2.31. The summed E-state index contributed by atoms with van der Waals surface area (Å²) < 4.78 is 27.3. The number of nitrogens with zero attached hydrogens (tertiary/aromatic N) is 2. The molecule has 1 saturated heterocycles. The lowest BCUT2D eigenvalue weighted by Crippen LogP contribution is -2.50. The van der Waals surface area contributed by atoms with Crippen LogP contribution in [0.15, 0.2) is 0 Å². The van der Waals surface area contributed by atoms with E-state index in [0.29, 0.717) is 26.1 Å². The summed E-state index contributed by atoms with van der Waals surface area (Å²) in [5, 5.41) is 8.74. The Labute approximate surface area is 108 Å². The van der Waals surface area contributed by atoms with Crippen molar-refractivity contribution in [1.29, 1.82) is 0 Å². The summed E-state index contributed by atoms with van der Waals surface area (Å²) in [5.74, 6) is 0.833. The van der Waals surface area contributed by atoms with Gasteiger partial charge in [0.2, 0.25) is 0 Å². The zero-order chi connectivity index (χ0) is 13.1. The molecule has 7 heteroatoms. The molecule has 0 aliphatic carbocycles. The normalized spacial score (nSPS) is 21.9. The molecule has 1 heterocycles. The summed E-state index contributed by atoms with van der Waals surface area (Å²) in [6.07, 6.45) is 0.474. The lowest BCUT2D eigenvalue weighted by molar-refractivity contribution is 0.270. The second kappa shape index (κ2) is 5.88. The fourth-order valence-electron chi connectivity index (χ4n) is 1.78. The Kier molecular flexibility index (Phi) is 5.27. The zero-order valence-corrected chi connectivity index (χ0v) is 12.4. The molecule has 5 nitrogen and oxygen atoms in total. The highest BCUT2D eigenvalue weighted by Gasteiger charge is 2.35. The number of aliphatic hydroxyl groups is 1. The summed E-state index contributed by atoms with van der Waals surface area (Å²) in [7, 11) is -1.79. The number of rotatable bonds is 5. The van der Waals surface area contributed by atoms with Crippen LogP contribution in [0.1, 0.15) is 20.3 Å². The molecule has 0 radical (unpaired) electrons. The minimum atomic E-state index is -3.36. The van der Waals surface area contributed by atoms with Crippen LogP contribution in [0.3, 0.4) is 0 Å². The minimum Gasteiger partial charge on any atom is -0.396 e. The molecule has 0 amide bonds. The Hall–Kier alpha value is 0.180. The number of aliphatic hydroxyl groups excluding tert-OH is 1. The maximum atomic E-state index is 12.2. The van der Waals surface area contributed by atoms with Crippen molar-refractivity contribution in [2.24, 2.45) is 0 Å². The van der Waals surface area contributed by atoms with Crippen molar-refractivity contribution in [2.75, 3.05) is 39.0 Å². The van der Waals surface area contributed by atoms with Gasteiger partial charge in [0, 0.05) is 43.8 Å². The van der Waals surface area contributed by atoms with Gasteiger partial charge >= 0.3 is 0 Å². The van der Waals surface area contributed by atoms with Crippen molar-refractivity contribution in [3.8, 4) is 0 Å². The Bertz CT molecular complexity index is 343. The van der Waals surface area contributed by atoms with Crippen molar-refractivity contribution >= 4 is 22.0 Å². The molecule has 0 atom stereocenters. The van der Waals surface area contributed by atoms with Crippen LogP contribution in [0, 0.1) is 0 Å². The van der Waals surface area contributed by atoms with Gasteiger partial charge < -0.3 is 5.11 Å². The standard InChI is InChI=1S/C10H22N2O3S2/c1-10(2)9-12(6-8-16-10)17(14,15)11(3)5-4-7-13/h13H,4-9H2,1-3H3. The third-order valence-electron chi connectivity index (χ3n) is 2.74. The van der Waals surface area contributed by atoms with Crippen LogP contribution >= 0.6 is 11.8 Å². The minimum absolute atomic E-state index is 0.0151. The predicted molar refractivity (Wildman–Crippen MR) is 71.4 cm³/mol. The third-order valence-corrected chi connectivity index (χ3v) is 5.97. The van der Waals surface area contributed by atoms with Crippen molar-refractivity contribution in [1.82, 2.24) is 8.61 Å². The van der Waals surface area contributed by atoms with E-state index in [-0.39, 0.29) is 11.4 Å². The average Bonchev–Trinajstić information content (AvgIpc) is 2.24. The Morgan fingerprint density at radius 3 is 2.65 bits per heavy atom. The van der Waals surface area contributed by atoms with Crippen LogP contribution in [-0.4, -0.2) is 65.9 Å². The second-order valence-electron chi connectivity index (χ2n) is 4.85. The molecule has 0 spiro atoms. The lowest BCUT2D eigenvalue weighted by atomic mass is 10.2. The first-order valence-corrected chi connectivity index (χ1v) is 8.14. The number of thioether (sulfide) groups is 1. The van der Waals surface area contributed by atoms with Gasteiger partial charge in [-0.3, -0.25) is 0 Å². The van der Waals surface area contributed by atoms with E-state index in [1.54, 1.807) is 23.1 Å². The van der Waals surface area contributed by atoms with E-state index in [9.17, 15) is 8.42 Å². The highest BCUT2D eigenvalue weighted by molar-refractivity contribution is 8.00. The van der Waals surface area contributed by atoms with Crippen LogP contribution < -0.4 is 0 Å². The smallest absolute Gasteiger partial charge is 0.281 e. The monoisotopic (exact) mass is 282 g/mol. The van der Waals surface area contributed by atoms with E-state index >= 15 is 0 Å². The van der Waals surface area contributed by atoms with Crippen LogP contribution in [0.25, 0.3) is 0 Å². The number of hydrogen-bond acceptors (Lipinski definition) is 4. The molecule has 1 fully saturated rings. The largest absolute Gasteiger partial charge is 0.396 e. The molecule has 1 rings (SSSR count). The molecule has 0 aromatic carbocycles. The molecule has 0 saturated carbocycles. The lowest BCUT2D eigenvalue weighted by Gasteiger charge is -2.38. The van der Waals surface area contributed by atoms with E-state index in [1.165, 1.54) is 4.31 Å². The van der Waals surface area contributed by atoms with Gasteiger partial charge in [-0.15, -0.1) is 0 Å². The van der Waals surface area contributed by atoms with Crippen LogP contribution in [0.2, 0.25) is 0 Å². The number of hydrogen-bond donors (Lipinski definition) is 1. The summed E-state index contributed by atoms with van der Waals surface area (Å²) >= 11 is 1.81. The summed E-state index contributed by atoms with van der Waals surface area (Å²) in [6.45, 7) is 5.62. The van der Waals surface area contributed by atoms with Crippen molar-refractivity contribution in [3.63, 3.8) is 0 Å². The second-order valence-corrected chi connectivity index (χ2v) is 8.69.